The first kappa shape index (κ1) is 29.8. The van der Waals surface area contributed by atoms with Crippen molar-refractivity contribution in [3.8, 4) is 73.7 Å². The Kier molecular flexibility index (Phi) is 6.74. The van der Waals surface area contributed by atoms with Gasteiger partial charge in [0.25, 0.3) is 0 Å². The molecule has 1 aliphatic carbocycles. The summed E-state index contributed by atoms with van der Waals surface area (Å²) in [5.74, 6) is 2.34. The number of nitriles is 1. The number of hydrogen-bond acceptors (Lipinski definition) is 4. The molecular weight excluding hydrogens is 635 g/mol. The number of aromatic nitrogens is 2. The molecule has 4 heteroatoms. The predicted molar refractivity (Wildman–Crippen MR) is 206 cm³/mol. The van der Waals surface area contributed by atoms with Gasteiger partial charge in [-0.15, -0.1) is 0 Å². The van der Waals surface area contributed by atoms with E-state index in [9.17, 15) is 5.26 Å². The average molecular weight is 664 g/mol. The second-order valence-corrected chi connectivity index (χ2v) is 13.2. The maximum Gasteiger partial charge on any atom is 0.160 e. The van der Waals surface area contributed by atoms with Crippen LogP contribution < -0.4 is 4.74 Å². The van der Waals surface area contributed by atoms with E-state index in [-0.39, 0.29) is 0 Å². The van der Waals surface area contributed by atoms with Crippen LogP contribution in [0.4, 0.5) is 0 Å². The molecule has 0 saturated heterocycles. The molecule has 8 aromatic rings. The quantitative estimate of drug-likeness (QED) is 0.188. The number of nitrogens with zero attached hydrogens (tertiary/aromatic N) is 3. The summed E-state index contributed by atoms with van der Waals surface area (Å²) >= 11 is 0. The molecule has 0 fully saturated rings. The average Bonchev–Trinajstić information content (AvgIpc) is 3.51. The summed E-state index contributed by atoms with van der Waals surface area (Å²) in [5.41, 5.74) is 13.4. The van der Waals surface area contributed by atoms with Crippen molar-refractivity contribution in [3.05, 3.63) is 204 Å². The Labute approximate surface area is 301 Å². The van der Waals surface area contributed by atoms with Crippen LogP contribution in [0.3, 0.4) is 0 Å². The lowest BCUT2D eigenvalue weighted by Gasteiger charge is -2.39. The molecule has 1 aliphatic heterocycles. The summed E-state index contributed by atoms with van der Waals surface area (Å²) in [6, 6.07) is 63.0. The third kappa shape index (κ3) is 4.47. The highest BCUT2D eigenvalue weighted by Gasteiger charge is 2.51. The first-order valence-electron chi connectivity index (χ1n) is 17.4. The molecule has 4 nitrogen and oxygen atoms in total. The largest absolute Gasteiger partial charge is 0.457 e. The first-order chi connectivity index (χ1) is 25.7. The fraction of sp³-hybridized carbons (Fsp3) is 0.0208. The van der Waals surface area contributed by atoms with Crippen LogP contribution in [-0.2, 0) is 5.41 Å². The molecule has 7 aromatic carbocycles. The monoisotopic (exact) mass is 663 g/mol. The summed E-state index contributed by atoms with van der Waals surface area (Å²) in [5, 5.41) is 10.3. The van der Waals surface area contributed by atoms with Crippen LogP contribution >= 0.6 is 0 Å². The minimum Gasteiger partial charge on any atom is -0.457 e. The summed E-state index contributed by atoms with van der Waals surface area (Å²) < 4.78 is 6.52. The molecular formula is C48H29N3O. The highest BCUT2D eigenvalue weighted by Crippen LogP contribution is 2.62. The second kappa shape index (κ2) is 11.8. The number of rotatable bonds is 4. The van der Waals surface area contributed by atoms with Gasteiger partial charge in [0.2, 0.25) is 0 Å². The van der Waals surface area contributed by atoms with Crippen LogP contribution in [0.5, 0.6) is 11.5 Å². The first-order valence-corrected chi connectivity index (χ1v) is 17.4. The van der Waals surface area contributed by atoms with Crippen LogP contribution in [0.25, 0.3) is 56.2 Å². The molecule has 0 unspecified atom stereocenters. The lowest BCUT2D eigenvalue weighted by atomic mass is 9.66. The van der Waals surface area contributed by atoms with Gasteiger partial charge in [0.15, 0.2) is 5.82 Å². The van der Waals surface area contributed by atoms with E-state index in [0.29, 0.717) is 11.4 Å². The molecule has 52 heavy (non-hydrogen) atoms. The smallest absolute Gasteiger partial charge is 0.160 e. The third-order valence-corrected chi connectivity index (χ3v) is 10.4. The van der Waals surface area contributed by atoms with Gasteiger partial charge in [0.1, 0.15) is 11.5 Å². The van der Waals surface area contributed by atoms with Crippen LogP contribution in [0.1, 0.15) is 27.8 Å². The molecule has 0 saturated carbocycles. The van der Waals surface area contributed by atoms with Gasteiger partial charge in [-0.1, -0.05) is 146 Å². The second-order valence-electron chi connectivity index (χ2n) is 13.2. The van der Waals surface area contributed by atoms with E-state index in [1.165, 1.54) is 0 Å². The van der Waals surface area contributed by atoms with Crippen molar-refractivity contribution in [3.63, 3.8) is 0 Å². The Hall–Kier alpha value is -7.09. The predicted octanol–water partition coefficient (Wildman–Crippen LogP) is 11.5. The normalized spacial score (nSPS) is 12.9. The summed E-state index contributed by atoms with van der Waals surface area (Å²) in [7, 11) is 0. The lowest BCUT2D eigenvalue weighted by molar-refractivity contribution is 0.436. The van der Waals surface area contributed by atoms with Gasteiger partial charge >= 0.3 is 0 Å². The molecule has 0 atom stereocenters. The third-order valence-electron chi connectivity index (χ3n) is 10.4. The van der Waals surface area contributed by atoms with Crippen molar-refractivity contribution in [2.45, 2.75) is 5.41 Å². The van der Waals surface area contributed by atoms with Crippen LogP contribution in [0.2, 0.25) is 0 Å². The molecule has 2 aliphatic rings. The maximum atomic E-state index is 10.3. The van der Waals surface area contributed by atoms with Crippen molar-refractivity contribution in [2.24, 2.45) is 0 Å². The van der Waals surface area contributed by atoms with Gasteiger partial charge in [-0.25, -0.2) is 9.97 Å². The van der Waals surface area contributed by atoms with Crippen molar-refractivity contribution < 1.29 is 4.74 Å². The van der Waals surface area contributed by atoms with Gasteiger partial charge in [-0.3, -0.25) is 0 Å². The fourth-order valence-corrected chi connectivity index (χ4v) is 8.12. The van der Waals surface area contributed by atoms with Gasteiger partial charge in [-0.05, 0) is 58.1 Å². The van der Waals surface area contributed by atoms with Gasteiger partial charge in [-0.2, -0.15) is 5.26 Å². The Morgan fingerprint density at radius 2 is 0.981 bits per heavy atom. The minimum absolute atomic E-state index is 0.651. The Morgan fingerprint density at radius 3 is 1.63 bits per heavy atom. The van der Waals surface area contributed by atoms with Crippen LogP contribution in [-0.4, -0.2) is 9.97 Å². The lowest BCUT2D eigenvalue weighted by Crippen LogP contribution is -2.32. The molecule has 0 radical (unpaired) electrons. The van der Waals surface area contributed by atoms with Crippen molar-refractivity contribution in [1.82, 2.24) is 9.97 Å². The Morgan fingerprint density at radius 1 is 0.442 bits per heavy atom. The fourth-order valence-electron chi connectivity index (χ4n) is 8.12. The van der Waals surface area contributed by atoms with Crippen molar-refractivity contribution in [2.75, 3.05) is 0 Å². The van der Waals surface area contributed by atoms with Gasteiger partial charge < -0.3 is 4.74 Å². The molecule has 10 rings (SSSR count). The standard InChI is InChI=1S/C48H29N3O/c49-30-36-16-11-19-40-46(36)37-27-26-35(28-41(37)48(40)38-17-7-9-20-44(38)52-45-21-10-8-18-39(45)48)31-22-24-33(25-23-31)43-29-42(32-12-3-1-4-13-32)50-47(51-43)34-14-5-2-6-15-34/h1-29H. The van der Waals surface area contributed by atoms with E-state index < -0.39 is 5.41 Å². The Balaban J connectivity index is 1.13. The topological polar surface area (TPSA) is 58.8 Å². The van der Waals surface area contributed by atoms with E-state index in [1.54, 1.807) is 0 Å². The number of hydrogen-bond donors (Lipinski definition) is 0. The van der Waals surface area contributed by atoms with Crippen molar-refractivity contribution >= 4 is 0 Å². The number of para-hydroxylation sites is 2. The van der Waals surface area contributed by atoms with E-state index >= 15 is 0 Å². The van der Waals surface area contributed by atoms with Gasteiger partial charge in [0.05, 0.1) is 28.4 Å². The SMILES string of the molecule is N#Cc1cccc2c1-c1ccc(-c3ccc(-c4cc(-c5ccccc5)nc(-c5ccccc5)n4)cc3)cc1C21c2ccccc2Oc2ccccc21. The zero-order valence-electron chi connectivity index (χ0n) is 28.0. The van der Waals surface area contributed by atoms with E-state index in [2.05, 4.69) is 97.1 Å². The van der Waals surface area contributed by atoms with E-state index in [4.69, 9.17) is 14.7 Å². The van der Waals surface area contributed by atoms with E-state index in [1.807, 2.05) is 84.9 Å². The highest BCUT2D eigenvalue weighted by atomic mass is 16.5. The molecule has 2 heterocycles. The Bertz CT molecular complexity index is 2610. The number of benzene rings is 7. The summed E-state index contributed by atoms with van der Waals surface area (Å²) in [6.07, 6.45) is 0. The summed E-state index contributed by atoms with van der Waals surface area (Å²) in [4.78, 5) is 10.00. The van der Waals surface area contributed by atoms with Gasteiger partial charge in [0, 0.05) is 33.4 Å². The summed E-state index contributed by atoms with van der Waals surface area (Å²) in [6.45, 7) is 0. The molecule has 0 N–H and O–H groups in total. The minimum atomic E-state index is -0.651. The molecule has 0 bridgehead atoms. The molecule has 1 aromatic heterocycles. The van der Waals surface area contributed by atoms with Crippen LogP contribution in [0.15, 0.2) is 176 Å². The zero-order valence-corrected chi connectivity index (χ0v) is 28.0. The number of ether oxygens (including phenoxy) is 1. The van der Waals surface area contributed by atoms with E-state index in [0.717, 1.165) is 84.1 Å². The highest BCUT2D eigenvalue weighted by molar-refractivity contribution is 5.92. The maximum absolute atomic E-state index is 10.3. The van der Waals surface area contributed by atoms with Crippen molar-refractivity contribution in [1.29, 1.82) is 5.26 Å². The zero-order chi connectivity index (χ0) is 34.6. The molecule has 1 spiro atoms. The number of fused-ring (bicyclic) bond motifs is 9. The van der Waals surface area contributed by atoms with Crippen LogP contribution in [0, 0.1) is 11.3 Å². The molecule has 242 valence electrons. The molecule has 0 amide bonds.